The van der Waals surface area contributed by atoms with Gasteiger partial charge in [-0.2, -0.15) is 0 Å². The molecule has 0 saturated heterocycles. The summed E-state index contributed by atoms with van der Waals surface area (Å²) in [6.07, 6.45) is 0. The van der Waals surface area contributed by atoms with E-state index in [9.17, 15) is 0 Å². The lowest BCUT2D eigenvalue weighted by Gasteiger charge is -1.33. The predicted molar refractivity (Wildman–Crippen MR) is 29.6 cm³/mol. The summed E-state index contributed by atoms with van der Waals surface area (Å²) in [5.74, 6) is 0. The summed E-state index contributed by atoms with van der Waals surface area (Å²) in [5.41, 5.74) is 0. The number of hydrogen-bond donors (Lipinski definition) is 0. The van der Waals surface area contributed by atoms with Gasteiger partial charge in [-0.15, -0.1) is 0 Å². The van der Waals surface area contributed by atoms with Crippen molar-refractivity contribution in [2.45, 2.75) is 0 Å². The van der Waals surface area contributed by atoms with Crippen molar-refractivity contribution in [2.75, 3.05) is 0 Å². The molecule has 0 aliphatic rings. The molecule has 28 valence electrons. The normalized spacial score (nSPS) is 2.00. The molecule has 0 atom stereocenters. The summed E-state index contributed by atoms with van der Waals surface area (Å²) in [5, 5.41) is 0. The van der Waals surface area contributed by atoms with Crippen LogP contribution in [-0.4, -0.2) is 46.7 Å². The first kappa shape index (κ1) is 15.7. The van der Waals surface area contributed by atoms with Crippen molar-refractivity contribution in [3.8, 4) is 0 Å². The third-order valence-electron chi connectivity index (χ3n) is 0. The SMILES string of the molecule is O.[Cl][Mg][Cl].[MgH2]. The third kappa shape index (κ3) is 23.4. The summed E-state index contributed by atoms with van der Waals surface area (Å²) in [6, 6.07) is 0. The first-order chi connectivity index (χ1) is 1.41. The maximum absolute atomic E-state index is 4.90. The van der Waals surface area contributed by atoms with Crippen molar-refractivity contribution in [3.63, 3.8) is 0 Å². The molecule has 5 heavy (non-hydrogen) atoms. The monoisotopic (exact) mass is 138 g/mol. The van der Waals surface area contributed by atoms with E-state index in [1.54, 1.807) is 0 Å². The van der Waals surface area contributed by atoms with Crippen LogP contribution >= 0.6 is 18.1 Å². The minimum absolute atomic E-state index is 0. The van der Waals surface area contributed by atoms with Crippen LogP contribution in [-0.2, 0) is 0 Å². The summed E-state index contributed by atoms with van der Waals surface area (Å²) in [7, 11) is 9.81. The minimum Gasteiger partial charge on any atom is -0.412 e. The zero-order valence-electron chi connectivity index (χ0n) is 1.96. The lowest BCUT2D eigenvalue weighted by molar-refractivity contribution is 0.824. The highest BCUT2D eigenvalue weighted by molar-refractivity contribution is 7.22. The van der Waals surface area contributed by atoms with E-state index < -0.39 is 18.2 Å². The van der Waals surface area contributed by atoms with Crippen LogP contribution < -0.4 is 0 Å². The topological polar surface area (TPSA) is 31.5 Å². The zero-order chi connectivity index (χ0) is 2.71. The maximum atomic E-state index is 4.90. The van der Waals surface area contributed by atoms with Gasteiger partial charge < -0.3 is 23.6 Å². The molecule has 0 amide bonds. The number of rotatable bonds is 0. The van der Waals surface area contributed by atoms with Gasteiger partial charge in [0.15, 0.2) is 0 Å². The first-order valence-corrected chi connectivity index (χ1v) is 4.81. The van der Waals surface area contributed by atoms with E-state index in [1.165, 1.54) is 0 Å². The van der Waals surface area contributed by atoms with Crippen LogP contribution in [0.5, 0.6) is 0 Å². The number of hydrogen-bond acceptors (Lipinski definition) is 0. The highest BCUT2D eigenvalue weighted by Crippen LogP contribution is 1.67. The summed E-state index contributed by atoms with van der Waals surface area (Å²) in [4.78, 5) is 0. The second-order valence-corrected chi connectivity index (χ2v) is 2.73. The van der Waals surface area contributed by atoms with Crippen molar-refractivity contribution < 1.29 is 5.48 Å². The molecule has 0 aromatic heterocycles. The van der Waals surface area contributed by atoms with Gasteiger partial charge in [0, 0.05) is 0 Å². The molecule has 0 fully saturated rings. The molecule has 0 heterocycles. The van der Waals surface area contributed by atoms with Crippen molar-refractivity contribution in [1.82, 2.24) is 0 Å². The maximum Gasteiger partial charge on any atom is 0.618 e. The fraction of sp³-hybridized carbons (Fsp3) is 0. The third-order valence-corrected chi connectivity index (χ3v) is 0. The largest absolute Gasteiger partial charge is 0.618 e. The molecule has 0 rings (SSSR count). The molecule has 2 N–H and O–H groups in total. The molecular formula is H4Cl2Mg2O. The molecule has 0 aromatic rings. The first-order valence-electron chi connectivity index (χ1n) is 0.535. The van der Waals surface area contributed by atoms with Gasteiger partial charge in [-0.05, 0) is 0 Å². The highest BCUT2D eigenvalue weighted by Gasteiger charge is 1.64. The van der Waals surface area contributed by atoms with E-state index in [0.29, 0.717) is 0 Å². The van der Waals surface area contributed by atoms with Crippen LogP contribution in [0.2, 0.25) is 0 Å². The summed E-state index contributed by atoms with van der Waals surface area (Å²) in [6.45, 7) is 0. The predicted octanol–water partition coefficient (Wildman–Crippen LogP) is -0.743. The number of halogens is 2. The zero-order valence-corrected chi connectivity index (χ0v) is 4.89. The van der Waals surface area contributed by atoms with Crippen LogP contribution in [0.4, 0.5) is 0 Å². The molecule has 5 heteroatoms. The van der Waals surface area contributed by atoms with E-state index in [0.717, 1.165) is 0 Å². The van der Waals surface area contributed by atoms with Crippen LogP contribution in [0.1, 0.15) is 0 Å². The van der Waals surface area contributed by atoms with Crippen molar-refractivity contribution in [1.29, 1.82) is 0 Å². The molecule has 0 aliphatic carbocycles. The fourth-order valence-corrected chi connectivity index (χ4v) is 0. The Kier molecular flexibility index (Phi) is 52.1. The van der Waals surface area contributed by atoms with Gasteiger partial charge in [0.25, 0.3) is 0 Å². The molecule has 0 radical (unpaired) electrons. The van der Waals surface area contributed by atoms with Crippen LogP contribution in [0.15, 0.2) is 0 Å². The van der Waals surface area contributed by atoms with Gasteiger partial charge in [-0.25, -0.2) is 0 Å². The Morgan fingerprint density at radius 1 is 1.20 bits per heavy atom. The van der Waals surface area contributed by atoms with Crippen molar-refractivity contribution >= 4 is 59.4 Å². The average molecular weight is 140 g/mol. The van der Waals surface area contributed by atoms with Crippen molar-refractivity contribution in [3.05, 3.63) is 0 Å². The van der Waals surface area contributed by atoms with E-state index in [4.69, 9.17) is 18.1 Å². The lowest BCUT2D eigenvalue weighted by atomic mass is 16.0. The second-order valence-electron chi connectivity index (χ2n) is 0.101. The standard InChI is InChI=1S/2ClH.2Mg.H2O.2H/h2*1H;;;1H2;;/q;;;+2;;;/p-2. The molecular weight excluding hydrogens is 136 g/mol. The Labute approximate surface area is 64.1 Å². The van der Waals surface area contributed by atoms with E-state index in [2.05, 4.69) is 0 Å². The molecule has 0 bridgehead atoms. The Hall–Kier alpha value is 2.07. The average Bonchev–Trinajstić information content (AvgIpc) is 0.918. The molecule has 1 nitrogen and oxygen atoms in total. The van der Waals surface area contributed by atoms with Crippen LogP contribution in [0.25, 0.3) is 0 Å². The van der Waals surface area contributed by atoms with Gasteiger partial charge in [-0.1, -0.05) is 0 Å². The van der Waals surface area contributed by atoms with Crippen LogP contribution in [0, 0.1) is 0 Å². The Bertz CT molecular complexity index is 7.61. The quantitative estimate of drug-likeness (QED) is 0.396. The van der Waals surface area contributed by atoms with Crippen LogP contribution in [0.3, 0.4) is 0 Å². The smallest absolute Gasteiger partial charge is 0.412 e. The second kappa shape index (κ2) is 16.6. The van der Waals surface area contributed by atoms with Gasteiger partial charge >= 0.3 is 41.2 Å². The van der Waals surface area contributed by atoms with Crippen molar-refractivity contribution in [2.24, 2.45) is 0 Å². The summed E-state index contributed by atoms with van der Waals surface area (Å²) < 4.78 is 0. The van der Waals surface area contributed by atoms with Gasteiger partial charge in [-0.3, -0.25) is 0 Å². The molecule has 0 unspecified atom stereocenters. The van der Waals surface area contributed by atoms with E-state index >= 15 is 0 Å². The van der Waals surface area contributed by atoms with E-state index in [1.807, 2.05) is 0 Å². The highest BCUT2D eigenvalue weighted by atomic mass is 35.6. The Morgan fingerprint density at radius 2 is 1.20 bits per heavy atom. The molecule has 0 spiro atoms. The fourth-order valence-electron chi connectivity index (χ4n) is 0. The molecule has 0 aromatic carbocycles. The molecule has 0 aliphatic heterocycles. The minimum atomic E-state index is -0.639. The van der Waals surface area contributed by atoms with Gasteiger partial charge in [0.2, 0.25) is 0 Å². The lowest BCUT2D eigenvalue weighted by Crippen LogP contribution is -1.36. The Morgan fingerprint density at radius 3 is 1.20 bits per heavy atom. The summed E-state index contributed by atoms with van der Waals surface area (Å²) >= 11 is -0.639. The van der Waals surface area contributed by atoms with E-state index in [-0.39, 0.29) is 28.5 Å². The van der Waals surface area contributed by atoms with Gasteiger partial charge in [0.05, 0.1) is 0 Å². The van der Waals surface area contributed by atoms with Gasteiger partial charge in [0.1, 0.15) is 0 Å². The Balaban J connectivity index is -0.0000000200. The molecule has 0 saturated carbocycles.